The molecule has 0 radical (unpaired) electrons. The molecule has 3 aromatic heterocycles. The van der Waals surface area contributed by atoms with Gasteiger partial charge in [0, 0.05) is 12.6 Å². The number of nitrogens with one attached hydrogen (secondary N) is 1. The van der Waals surface area contributed by atoms with Crippen molar-refractivity contribution in [1.82, 2.24) is 24.3 Å². The number of hydrogen-bond acceptors (Lipinski definition) is 7. The van der Waals surface area contributed by atoms with Crippen LogP contribution in [0, 0.1) is 23.1 Å². The Morgan fingerprint density at radius 3 is 2.38 bits per heavy atom. The molecule has 1 aliphatic rings. The maximum Gasteiger partial charge on any atom is 0.453 e. The number of halogens is 7. The molecule has 1 aromatic carbocycles. The van der Waals surface area contributed by atoms with Crippen LogP contribution < -0.4 is 11.1 Å². The highest BCUT2D eigenvalue weighted by Crippen LogP contribution is 2.45. The number of carbonyl (C=O) groups excluding carboxylic acids is 1. The van der Waals surface area contributed by atoms with Crippen LogP contribution in [0.1, 0.15) is 35.9 Å². The van der Waals surface area contributed by atoms with Crippen molar-refractivity contribution in [2.45, 2.75) is 37.3 Å². The van der Waals surface area contributed by atoms with E-state index in [1.165, 1.54) is 25.1 Å². The molecule has 3 N–H and O–H groups in total. The van der Waals surface area contributed by atoms with E-state index < -0.39 is 65.1 Å². The molecule has 0 fully saturated rings. The van der Waals surface area contributed by atoms with Crippen LogP contribution in [-0.4, -0.2) is 42.3 Å². The number of benzene rings is 1. The number of hydrogen-bond donors (Lipinski definition) is 2. The van der Waals surface area contributed by atoms with E-state index in [4.69, 9.17) is 11.0 Å². The van der Waals surface area contributed by atoms with Gasteiger partial charge in [-0.2, -0.15) is 31.6 Å². The molecule has 4 heterocycles. The highest BCUT2D eigenvalue weighted by atomic mass is 19.4. The molecule has 0 spiro atoms. The molecule has 0 saturated heterocycles. The molecule has 4 aromatic rings. The number of fused-ring (bicyclic) bond motifs is 2. The van der Waals surface area contributed by atoms with Crippen molar-refractivity contribution >= 4 is 23.2 Å². The Hall–Kier alpha value is -4.81. The zero-order valence-electron chi connectivity index (χ0n) is 20.1. The molecular formula is C24H15F7N8O. The van der Waals surface area contributed by atoms with Crippen LogP contribution in [0.3, 0.4) is 0 Å². The highest BCUT2D eigenvalue weighted by molar-refractivity contribution is 6.09. The first-order valence-corrected chi connectivity index (χ1v) is 11.4. The minimum atomic E-state index is -5.84. The number of aryl methyl sites for hydroxylation is 1. The van der Waals surface area contributed by atoms with Gasteiger partial charge in [-0.3, -0.25) is 9.20 Å². The van der Waals surface area contributed by atoms with E-state index in [2.05, 4.69) is 25.3 Å². The average molecular weight is 564 g/mol. The second kappa shape index (κ2) is 8.86. The summed E-state index contributed by atoms with van der Waals surface area (Å²) in [6, 6.07) is 6.51. The summed E-state index contributed by atoms with van der Waals surface area (Å²) in [6.45, 7) is 1.51. The van der Waals surface area contributed by atoms with Gasteiger partial charge in [0.25, 0.3) is 0 Å². The van der Waals surface area contributed by atoms with Crippen molar-refractivity contribution < 1.29 is 35.5 Å². The summed E-state index contributed by atoms with van der Waals surface area (Å²) in [6.07, 6.45) is -7.63. The Bertz CT molecular complexity index is 1730. The van der Waals surface area contributed by atoms with Crippen LogP contribution in [-0.2, 0) is 16.6 Å². The molecule has 0 bridgehead atoms. The lowest BCUT2D eigenvalue weighted by Gasteiger charge is -2.23. The molecule has 0 aliphatic carbocycles. The minimum absolute atomic E-state index is 0.0739. The summed E-state index contributed by atoms with van der Waals surface area (Å²) in [5, 5.41) is 11.7. The largest absolute Gasteiger partial charge is 0.453 e. The number of nitrogens with zero attached hydrogens (tertiary/aromatic N) is 6. The van der Waals surface area contributed by atoms with Gasteiger partial charge in [-0.1, -0.05) is 12.1 Å². The van der Waals surface area contributed by atoms with Gasteiger partial charge in [-0.15, -0.1) is 0 Å². The first-order chi connectivity index (χ1) is 18.7. The number of rotatable bonds is 5. The van der Waals surface area contributed by atoms with Crippen molar-refractivity contribution in [3.8, 4) is 17.6 Å². The molecular weight excluding hydrogens is 549 g/mol. The standard InChI is InChI=1S/C24H15F7N8O/c1-22(10-2-4-11(25)5-3-10)15-17(33)36-18(37-19(15)38-21(22)40)14-9-39-16(26)13(8-32)35-20(39)12(34-14)6-7-23(27,28)24(29,30)31/h2-5,9H,6-7H2,1H3,(H3,33,36,37,38,40). The summed E-state index contributed by atoms with van der Waals surface area (Å²) in [4.78, 5) is 29.1. The second-order valence-corrected chi connectivity index (χ2v) is 9.07. The van der Waals surface area contributed by atoms with Gasteiger partial charge in [-0.05, 0) is 31.0 Å². The van der Waals surface area contributed by atoms with Gasteiger partial charge < -0.3 is 11.1 Å². The van der Waals surface area contributed by atoms with Gasteiger partial charge in [0.1, 0.15) is 34.6 Å². The Kier molecular flexibility index (Phi) is 5.93. The lowest BCUT2D eigenvalue weighted by molar-refractivity contribution is -0.284. The lowest BCUT2D eigenvalue weighted by atomic mass is 9.78. The summed E-state index contributed by atoms with van der Waals surface area (Å²) in [5.74, 6) is -8.08. The van der Waals surface area contributed by atoms with Crippen molar-refractivity contribution in [2.24, 2.45) is 0 Å². The summed E-state index contributed by atoms with van der Waals surface area (Å²) in [7, 11) is 0. The number of alkyl halides is 5. The predicted molar refractivity (Wildman–Crippen MR) is 124 cm³/mol. The highest BCUT2D eigenvalue weighted by Gasteiger charge is 2.56. The average Bonchev–Trinajstić information content (AvgIpc) is 3.35. The molecule has 1 unspecified atom stereocenters. The number of nitriles is 1. The summed E-state index contributed by atoms with van der Waals surface area (Å²) >= 11 is 0. The molecule has 16 heteroatoms. The van der Waals surface area contributed by atoms with E-state index in [0.717, 1.165) is 18.3 Å². The number of carbonyl (C=O) groups is 1. The van der Waals surface area contributed by atoms with Crippen LogP contribution in [0.25, 0.3) is 17.2 Å². The van der Waals surface area contributed by atoms with Gasteiger partial charge in [-0.25, -0.2) is 24.3 Å². The molecule has 1 aliphatic heterocycles. The Balaban J connectivity index is 1.64. The van der Waals surface area contributed by atoms with Gasteiger partial charge in [0.05, 0.1) is 11.3 Å². The lowest BCUT2D eigenvalue weighted by Crippen LogP contribution is -2.36. The molecule has 1 amide bonds. The zero-order chi connectivity index (χ0) is 29.2. The fourth-order valence-corrected chi connectivity index (χ4v) is 4.43. The first kappa shape index (κ1) is 26.8. The van der Waals surface area contributed by atoms with Crippen molar-refractivity contribution in [2.75, 3.05) is 11.1 Å². The number of imidazole rings is 1. The minimum Gasteiger partial charge on any atom is -0.383 e. The monoisotopic (exact) mass is 564 g/mol. The fourth-order valence-electron chi connectivity index (χ4n) is 4.43. The predicted octanol–water partition coefficient (Wildman–Crippen LogP) is 4.31. The zero-order valence-corrected chi connectivity index (χ0v) is 20.1. The van der Waals surface area contributed by atoms with Gasteiger partial charge in [0.2, 0.25) is 11.9 Å². The quantitative estimate of drug-likeness (QED) is 0.345. The van der Waals surface area contributed by atoms with E-state index in [1.807, 2.05) is 0 Å². The number of anilines is 2. The summed E-state index contributed by atoms with van der Waals surface area (Å²) in [5.41, 5.74) is 3.22. The van der Waals surface area contributed by atoms with Crippen LogP contribution in [0.15, 0.2) is 30.5 Å². The SMILES string of the molecule is CC1(c2ccc(F)cc2)C(=O)Nc2nc(-c3cn4c(F)c(C#N)nc4c(CCC(F)(F)C(F)(F)F)n3)nc(N)c21. The van der Waals surface area contributed by atoms with E-state index in [1.54, 1.807) is 0 Å². The third-order valence-corrected chi connectivity index (χ3v) is 6.59. The molecule has 5 rings (SSSR count). The number of nitrogens with two attached hydrogens (primary N) is 1. The Labute approximate surface area is 219 Å². The van der Waals surface area contributed by atoms with E-state index in [0.29, 0.717) is 9.96 Å². The van der Waals surface area contributed by atoms with E-state index in [-0.39, 0.29) is 28.7 Å². The van der Waals surface area contributed by atoms with E-state index >= 15 is 0 Å². The maximum atomic E-state index is 14.8. The normalized spacial score (nSPS) is 17.1. The number of amides is 1. The number of aromatic nitrogens is 5. The topological polar surface area (TPSA) is 135 Å². The fraction of sp³-hybridized carbons (Fsp3) is 0.250. The van der Waals surface area contributed by atoms with Crippen LogP contribution in [0.5, 0.6) is 0 Å². The van der Waals surface area contributed by atoms with Crippen LogP contribution in [0.4, 0.5) is 42.4 Å². The second-order valence-electron chi connectivity index (χ2n) is 9.07. The molecule has 0 saturated carbocycles. The van der Waals surface area contributed by atoms with Crippen LogP contribution in [0.2, 0.25) is 0 Å². The Morgan fingerprint density at radius 1 is 1.07 bits per heavy atom. The smallest absolute Gasteiger partial charge is 0.383 e. The van der Waals surface area contributed by atoms with E-state index in [9.17, 15) is 35.5 Å². The molecule has 206 valence electrons. The third-order valence-electron chi connectivity index (χ3n) is 6.59. The summed E-state index contributed by atoms with van der Waals surface area (Å²) < 4.78 is 94.5. The molecule has 9 nitrogen and oxygen atoms in total. The molecule has 1 atom stereocenters. The van der Waals surface area contributed by atoms with Gasteiger partial charge in [0.15, 0.2) is 17.2 Å². The van der Waals surface area contributed by atoms with Crippen molar-refractivity contribution in [3.63, 3.8) is 0 Å². The Morgan fingerprint density at radius 2 is 1.75 bits per heavy atom. The number of nitrogen functional groups attached to an aromatic ring is 1. The maximum absolute atomic E-state index is 14.8. The third kappa shape index (κ3) is 4.05. The molecule has 40 heavy (non-hydrogen) atoms. The van der Waals surface area contributed by atoms with Crippen molar-refractivity contribution in [1.29, 1.82) is 5.26 Å². The van der Waals surface area contributed by atoms with Crippen molar-refractivity contribution in [3.05, 3.63) is 64.7 Å². The first-order valence-electron chi connectivity index (χ1n) is 11.4. The van der Waals surface area contributed by atoms with Gasteiger partial charge >= 0.3 is 12.1 Å². The van der Waals surface area contributed by atoms with Crippen LogP contribution >= 0.6 is 0 Å².